The minimum absolute atomic E-state index is 0.0647. The zero-order valence-corrected chi connectivity index (χ0v) is 23.2. The van der Waals surface area contributed by atoms with E-state index in [9.17, 15) is 29.1 Å². The van der Waals surface area contributed by atoms with Crippen LogP contribution in [0.15, 0.2) is 47.3 Å². The zero-order chi connectivity index (χ0) is 30.0. The fourth-order valence-corrected chi connectivity index (χ4v) is 6.04. The fraction of sp³-hybridized carbons (Fsp3) is 0.333. The van der Waals surface area contributed by atoms with Gasteiger partial charge in [-0.3, -0.25) is 24.2 Å². The Morgan fingerprint density at radius 3 is 2.51 bits per heavy atom. The summed E-state index contributed by atoms with van der Waals surface area (Å²) in [5.74, 6) is -1.11. The highest BCUT2D eigenvalue weighted by Crippen LogP contribution is 2.39. The average molecular weight is 586 g/mol. The summed E-state index contributed by atoms with van der Waals surface area (Å²) in [5.41, 5.74) is 0.800. The molecule has 0 saturated carbocycles. The largest absolute Gasteiger partial charge is 0.458 e. The van der Waals surface area contributed by atoms with Gasteiger partial charge in [0.15, 0.2) is 5.60 Å². The third-order valence-corrected chi connectivity index (χ3v) is 8.56. The van der Waals surface area contributed by atoms with E-state index in [1.54, 1.807) is 40.7 Å². The quantitative estimate of drug-likeness (QED) is 0.272. The van der Waals surface area contributed by atoms with Gasteiger partial charge in [-0.15, -0.1) is 0 Å². The van der Waals surface area contributed by atoms with Gasteiger partial charge in [-0.05, 0) is 36.8 Å². The molecule has 2 aromatic heterocycles. The Balaban J connectivity index is 1.08. The third kappa shape index (κ3) is 4.31. The molecule has 4 aliphatic heterocycles. The normalized spacial score (nSPS) is 21.2. The monoisotopic (exact) mass is 585 g/mol. The molecule has 0 spiro atoms. The molecule has 1 N–H and O–H groups in total. The van der Waals surface area contributed by atoms with Crippen molar-refractivity contribution in [3.63, 3.8) is 0 Å². The minimum Gasteiger partial charge on any atom is -0.458 e. The first-order chi connectivity index (χ1) is 20.7. The molecule has 0 aliphatic carbocycles. The topological polar surface area (TPSA) is 152 Å². The van der Waals surface area contributed by atoms with Gasteiger partial charge in [0.25, 0.3) is 17.4 Å². The number of carbonyl (C=O) groups excluding carboxylic acids is 4. The van der Waals surface area contributed by atoms with Gasteiger partial charge in [-0.25, -0.2) is 14.6 Å². The van der Waals surface area contributed by atoms with E-state index in [1.807, 2.05) is 11.0 Å². The first-order valence-corrected chi connectivity index (χ1v) is 14.0. The first-order valence-electron chi connectivity index (χ1n) is 14.0. The lowest BCUT2D eigenvalue weighted by atomic mass is 9.86. The van der Waals surface area contributed by atoms with E-state index < -0.39 is 17.7 Å². The summed E-state index contributed by atoms with van der Waals surface area (Å²) < 4.78 is 12.4. The fourth-order valence-electron chi connectivity index (χ4n) is 6.04. The van der Waals surface area contributed by atoms with Crippen LogP contribution in [0.25, 0.3) is 22.3 Å². The van der Waals surface area contributed by atoms with Gasteiger partial charge in [0.05, 0.1) is 35.7 Å². The second-order valence-corrected chi connectivity index (χ2v) is 11.0. The smallest absolute Gasteiger partial charge is 0.415 e. The zero-order valence-electron chi connectivity index (χ0n) is 23.2. The highest BCUT2D eigenvalue weighted by molar-refractivity contribution is 6.12. The Hall–Kier alpha value is -4.88. The molecule has 0 bridgehead atoms. The molecule has 7 rings (SSSR count). The summed E-state index contributed by atoms with van der Waals surface area (Å²) in [4.78, 5) is 71.8. The van der Waals surface area contributed by atoms with Crippen LogP contribution >= 0.6 is 0 Å². The Bertz CT molecular complexity index is 1820. The number of carbonyl (C=O) groups is 4. The molecule has 13 nitrogen and oxygen atoms in total. The summed E-state index contributed by atoms with van der Waals surface area (Å²) in [6, 6.07) is 8.65. The van der Waals surface area contributed by atoms with E-state index in [1.165, 1.54) is 12.2 Å². The highest BCUT2D eigenvalue weighted by atomic mass is 16.6. The highest BCUT2D eigenvalue weighted by Gasteiger charge is 2.45. The van der Waals surface area contributed by atoms with Gasteiger partial charge in [-0.1, -0.05) is 6.92 Å². The van der Waals surface area contributed by atoms with Gasteiger partial charge in [0, 0.05) is 54.8 Å². The lowest BCUT2D eigenvalue weighted by Crippen LogP contribution is -2.53. The standard InChI is InChI=1S/C30H27N5O8/c1-2-30(41)21-13-23-26-18(14-34(23)27(38)20(21)15-42-28(30)39)11-17-12-19(3-4-22(17)31-26)43-29(40)33-9-7-32(8-10-33)16-35-24(36)5-6-25(35)37/h3-6,11-13,41H,2,7-10,14-16H2,1H3. The molecule has 1 saturated heterocycles. The predicted molar refractivity (Wildman–Crippen MR) is 150 cm³/mol. The average Bonchev–Trinajstić information content (AvgIpc) is 3.52. The third-order valence-electron chi connectivity index (χ3n) is 8.56. The number of amides is 3. The van der Waals surface area contributed by atoms with Crippen LogP contribution in [-0.4, -0.2) is 86.1 Å². The van der Waals surface area contributed by atoms with Crippen molar-refractivity contribution in [3.8, 4) is 17.1 Å². The lowest BCUT2D eigenvalue weighted by molar-refractivity contribution is -0.172. The van der Waals surface area contributed by atoms with Crippen LogP contribution in [0.1, 0.15) is 30.0 Å². The summed E-state index contributed by atoms with van der Waals surface area (Å²) >= 11 is 0. The number of cyclic esters (lactones) is 1. The van der Waals surface area contributed by atoms with Crippen LogP contribution < -0.4 is 10.3 Å². The number of fused-ring (bicyclic) bond motifs is 5. The number of hydrogen-bond donors (Lipinski definition) is 1. The van der Waals surface area contributed by atoms with E-state index >= 15 is 0 Å². The number of esters is 1. The molecular formula is C30H27N5O8. The van der Waals surface area contributed by atoms with Gasteiger partial charge < -0.3 is 24.0 Å². The van der Waals surface area contributed by atoms with Crippen molar-refractivity contribution in [2.45, 2.75) is 32.1 Å². The number of benzene rings is 1. The van der Waals surface area contributed by atoms with Crippen LogP contribution in [0, 0.1) is 0 Å². The summed E-state index contributed by atoms with van der Waals surface area (Å²) in [5, 5.41) is 11.8. The van der Waals surface area contributed by atoms with Gasteiger partial charge in [-0.2, -0.15) is 0 Å². The molecule has 0 radical (unpaired) electrons. The number of pyridine rings is 2. The Morgan fingerprint density at radius 1 is 1.05 bits per heavy atom. The van der Waals surface area contributed by atoms with Crippen LogP contribution in [-0.2, 0) is 37.9 Å². The number of piperazine rings is 1. The number of hydrogen-bond acceptors (Lipinski definition) is 10. The molecule has 4 aliphatic rings. The molecule has 1 atom stereocenters. The molecule has 1 unspecified atom stereocenters. The number of nitrogens with zero attached hydrogens (tertiary/aromatic N) is 5. The summed E-state index contributed by atoms with van der Waals surface area (Å²) in [6.07, 6.45) is 2.06. The maximum absolute atomic E-state index is 13.4. The second kappa shape index (κ2) is 9.85. The van der Waals surface area contributed by atoms with Gasteiger partial charge >= 0.3 is 12.1 Å². The SMILES string of the molecule is CCC1(O)C(=O)OCc2c1cc1n(c2=O)Cc2cc3cc(OC(=O)N4CCN(CN5C(=O)C=CC5=O)CC4)ccc3nc2-1. The number of aromatic nitrogens is 2. The Morgan fingerprint density at radius 2 is 1.79 bits per heavy atom. The van der Waals surface area contributed by atoms with Crippen molar-refractivity contribution in [3.05, 3.63) is 69.5 Å². The van der Waals surface area contributed by atoms with Crippen molar-refractivity contribution >= 4 is 34.8 Å². The van der Waals surface area contributed by atoms with Crippen molar-refractivity contribution in [2.24, 2.45) is 0 Å². The summed E-state index contributed by atoms with van der Waals surface area (Å²) in [6.45, 7) is 3.64. The van der Waals surface area contributed by atoms with Crippen LogP contribution in [0.5, 0.6) is 5.75 Å². The van der Waals surface area contributed by atoms with Crippen molar-refractivity contribution < 1.29 is 33.8 Å². The van der Waals surface area contributed by atoms with E-state index in [2.05, 4.69) is 0 Å². The van der Waals surface area contributed by atoms with E-state index in [0.29, 0.717) is 48.8 Å². The first kappa shape index (κ1) is 27.0. The lowest BCUT2D eigenvalue weighted by Gasteiger charge is -2.35. The van der Waals surface area contributed by atoms with Crippen LogP contribution in [0.2, 0.25) is 0 Å². The Kier molecular flexibility index (Phi) is 6.18. The molecule has 3 aromatic rings. The Labute approximate surface area is 244 Å². The van der Waals surface area contributed by atoms with E-state index in [4.69, 9.17) is 14.5 Å². The maximum Gasteiger partial charge on any atom is 0.415 e. The number of rotatable bonds is 4. The maximum atomic E-state index is 13.4. The van der Waals surface area contributed by atoms with Crippen molar-refractivity contribution in [1.29, 1.82) is 0 Å². The van der Waals surface area contributed by atoms with E-state index in [-0.39, 0.29) is 54.7 Å². The molecule has 43 heavy (non-hydrogen) atoms. The van der Waals surface area contributed by atoms with Crippen molar-refractivity contribution in [1.82, 2.24) is 24.3 Å². The molecule has 6 heterocycles. The van der Waals surface area contributed by atoms with Gasteiger partial charge in [0.1, 0.15) is 12.4 Å². The molecule has 220 valence electrons. The number of imide groups is 1. The number of aliphatic hydroxyl groups is 1. The number of ether oxygens (including phenoxy) is 2. The molecule has 13 heteroatoms. The second-order valence-electron chi connectivity index (χ2n) is 11.0. The van der Waals surface area contributed by atoms with Crippen molar-refractivity contribution in [2.75, 3.05) is 32.8 Å². The summed E-state index contributed by atoms with van der Waals surface area (Å²) in [7, 11) is 0. The van der Waals surface area contributed by atoms with Crippen LogP contribution in [0.3, 0.4) is 0 Å². The molecule has 3 amide bonds. The molecule has 1 fully saturated rings. The molecule has 1 aromatic carbocycles. The minimum atomic E-state index is -1.89. The molecular weight excluding hydrogens is 558 g/mol. The predicted octanol–water partition coefficient (Wildman–Crippen LogP) is 1.08. The van der Waals surface area contributed by atoms with E-state index in [0.717, 1.165) is 15.8 Å². The van der Waals surface area contributed by atoms with Crippen LogP contribution in [0.4, 0.5) is 4.79 Å². The van der Waals surface area contributed by atoms with Gasteiger partial charge in [0.2, 0.25) is 0 Å².